The smallest absolute Gasteiger partial charge is 0.308 e. The average molecular weight is 422 g/mol. The highest BCUT2D eigenvalue weighted by Crippen LogP contribution is 2.32. The molecule has 2 heterocycles. The van der Waals surface area contributed by atoms with E-state index in [-0.39, 0.29) is 11.5 Å². The van der Waals surface area contributed by atoms with E-state index in [0.717, 1.165) is 33.8 Å². The number of nitrogens with one attached hydrogen (secondary N) is 1. The standard InChI is InChI=1S/C23H23N3O3S/c1-3-30(27,28)29-20-11-7-10-19(15-20)22-23(24-16-18-8-5-4-6-9-18)26-13-12-17(2)14-21(26)25-22/h4-15,24H,3,16H2,1-2H3. The van der Waals surface area contributed by atoms with E-state index in [1.54, 1.807) is 25.1 Å². The number of imidazole rings is 1. The number of fused-ring (bicyclic) bond motifs is 1. The van der Waals surface area contributed by atoms with E-state index in [2.05, 4.69) is 17.4 Å². The summed E-state index contributed by atoms with van der Waals surface area (Å²) < 4.78 is 30.9. The molecule has 0 fully saturated rings. The topological polar surface area (TPSA) is 72.7 Å². The van der Waals surface area contributed by atoms with E-state index in [1.807, 2.05) is 53.9 Å². The van der Waals surface area contributed by atoms with Gasteiger partial charge in [0.25, 0.3) is 0 Å². The van der Waals surface area contributed by atoms with E-state index >= 15 is 0 Å². The third kappa shape index (κ3) is 4.31. The highest BCUT2D eigenvalue weighted by molar-refractivity contribution is 7.87. The van der Waals surface area contributed by atoms with Gasteiger partial charge in [0, 0.05) is 18.3 Å². The maximum Gasteiger partial charge on any atom is 0.308 e. The zero-order chi connectivity index (χ0) is 21.1. The summed E-state index contributed by atoms with van der Waals surface area (Å²) in [4.78, 5) is 4.81. The molecule has 1 N–H and O–H groups in total. The van der Waals surface area contributed by atoms with Crippen LogP contribution in [-0.4, -0.2) is 23.6 Å². The van der Waals surface area contributed by atoms with Gasteiger partial charge in [-0.3, -0.25) is 4.40 Å². The predicted molar refractivity (Wildman–Crippen MR) is 119 cm³/mol. The third-order valence-corrected chi connectivity index (χ3v) is 5.92. The molecule has 4 rings (SSSR count). The van der Waals surface area contributed by atoms with Gasteiger partial charge in [-0.25, -0.2) is 4.98 Å². The monoisotopic (exact) mass is 421 g/mol. The molecule has 0 saturated heterocycles. The van der Waals surface area contributed by atoms with Crippen LogP contribution in [0.4, 0.5) is 5.82 Å². The summed E-state index contributed by atoms with van der Waals surface area (Å²) in [5, 5.41) is 3.49. The minimum atomic E-state index is -3.60. The molecular weight excluding hydrogens is 398 g/mol. The minimum Gasteiger partial charge on any atom is -0.382 e. The van der Waals surface area contributed by atoms with Crippen molar-refractivity contribution in [1.29, 1.82) is 0 Å². The maximum absolute atomic E-state index is 11.9. The third-order valence-electron chi connectivity index (χ3n) is 4.77. The molecule has 0 aliphatic carbocycles. The number of aryl methyl sites for hydroxylation is 1. The van der Waals surface area contributed by atoms with E-state index in [0.29, 0.717) is 6.54 Å². The highest BCUT2D eigenvalue weighted by Gasteiger charge is 2.16. The van der Waals surface area contributed by atoms with Crippen molar-refractivity contribution in [1.82, 2.24) is 9.38 Å². The van der Waals surface area contributed by atoms with Gasteiger partial charge in [0.2, 0.25) is 0 Å². The number of nitrogens with zero attached hydrogens (tertiary/aromatic N) is 2. The first kappa shape index (κ1) is 20.0. The van der Waals surface area contributed by atoms with E-state index in [1.165, 1.54) is 0 Å². The summed E-state index contributed by atoms with van der Waals surface area (Å²) in [6, 6.07) is 21.2. The Bertz CT molecular complexity index is 1280. The van der Waals surface area contributed by atoms with Crippen LogP contribution >= 0.6 is 0 Å². The second kappa shape index (κ2) is 8.20. The van der Waals surface area contributed by atoms with Crippen LogP contribution in [-0.2, 0) is 16.7 Å². The number of hydrogen-bond acceptors (Lipinski definition) is 5. The van der Waals surface area contributed by atoms with Gasteiger partial charge in [0.1, 0.15) is 22.9 Å². The highest BCUT2D eigenvalue weighted by atomic mass is 32.2. The first-order chi connectivity index (χ1) is 14.4. The SMILES string of the molecule is CCS(=O)(=O)Oc1cccc(-c2nc3cc(C)ccn3c2NCc2ccccc2)c1. The molecule has 0 amide bonds. The fourth-order valence-corrected chi connectivity index (χ4v) is 3.71. The Morgan fingerprint density at radius 1 is 1.03 bits per heavy atom. The summed E-state index contributed by atoms with van der Waals surface area (Å²) in [7, 11) is -3.60. The Morgan fingerprint density at radius 2 is 1.83 bits per heavy atom. The van der Waals surface area contributed by atoms with Crippen LogP contribution in [0.15, 0.2) is 72.9 Å². The number of aromatic nitrogens is 2. The van der Waals surface area contributed by atoms with Gasteiger partial charge >= 0.3 is 10.1 Å². The van der Waals surface area contributed by atoms with Crippen molar-refractivity contribution in [2.45, 2.75) is 20.4 Å². The number of pyridine rings is 1. The van der Waals surface area contributed by atoms with Gasteiger partial charge < -0.3 is 9.50 Å². The lowest BCUT2D eigenvalue weighted by molar-refractivity contribution is 0.487. The van der Waals surface area contributed by atoms with Crippen LogP contribution in [0.2, 0.25) is 0 Å². The summed E-state index contributed by atoms with van der Waals surface area (Å²) in [5.41, 5.74) is 4.58. The van der Waals surface area contributed by atoms with Crippen molar-refractivity contribution in [3.63, 3.8) is 0 Å². The maximum atomic E-state index is 11.9. The van der Waals surface area contributed by atoms with Crippen LogP contribution in [0.5, 0.6) is 5.75 Å². The van der Waals surface area contributed by atoms with Crippen LogP contribution in [0.1, 0.15) is 18.1 Å². The van der Waals surface area contributed by atoms with Crippen LogP contribution < -0.4 is 9.50 Å². The van der Waals surface area contributed by atoms with Gasteiger partial charge in [-0.05, 0) is 49.2 Å². The molecule has 0 saturated carbocycles. The first-order valence-electron chi connectivity index (χ1n) is 9.74. The molecule has 0 bridgehead atoms. The molecule has 0 radical (unpaired) electrons. The van der Waals surface area contributed by atoms with Crippen LogP contribution in [0.25, 0.3) is 16.9 Å². The van der Waals surface area contributed by atoms with Gasteiger partial charge in [-0.1, -0.05) is 42.5 Å². The Balaban J connectivity index is 1.76. The zero-order valence-electron chi connectivity index (χ0n) is 16.9. The molecule has 7 heteroatoms. The van der Waals surface area contributed by atoms with Gasteiger partial charge in [-0.15, -0.1) is 0 Å². The molecule has 4 aromatic rings. The minimum absolute atomic E-state index is 0.0885. The Hall–Kier alpha value is -3.32. The fourth-order valence-electron chi connectivity index (χ4n) is 3.20. The molecule has 30 heavy (non-hydrogen) atoms. The number of hydrogen-bond donors (Lipinski definition) is 1. The molecule has 0 aliphatic rings. The van der Waals surface area contributed by atoms with Crippen molar-refractivity contribution in [2.24, 2.45) is 0 Å². The normalized spacial score (nSPS) is 11.5. The molecule has 154 valence electrons. The lowest BCUT2D eigenvalue weighted by Crippen LogP contribution is -2.11. The van der Waals surface area contributed by atoms with Gasteiger partial charge in [0.05, 0.1) is 5.75 Å². The predicted octanol–water partition coefficient (Wildman–Crippen LogP) is 4.65. The second-order valence-electron chi connectivity index (χ2n) is 7.04. The number of anilines is 1. The Kier molecular flexibility index (Phi) is 5.46. The quantitative estimate of drug-likeness (QED) is 0.440. The molecule has 6 nitrogen and oxygen atoms in total. The van der Waals surface area contributed by atoms with E-state index < -0.39 is 10.1 Å². The van der Waals surface area contributed by atoms with Crippen molar-refractivity contribution in [2.75, 3.05) is 11.1 Å². The summed E-state index contributed by atoms with van der Waals surface area (Å²) in [6.45, 7) is 4.21. The molecule has 0 atom stereocenters. The lowest BCUT2D eigenvalue weighted by Gasteiger charge is -2.10. The molecular formula is C23H23N3O3S. The fraction of sp³-hybridized carbons (Fsp3) is 0.174. The number of benzene rings is 2. The number of rotatable bonds is 7. The zero-order valence-corrected chi connectivity index (χ0v) is 17.7. The lowest BCUT2D eigenvalue weighted by atomic mass is 10.1. The molecule has 0 aliphatic heterocycles. The van der Waals surface area contributed by atoms with Crippen LogP contribution in [0.3, 0.4) is 0 Å². The molecule has 2 aromatic carbocycles. The average Bonchev–Trinajstić information content (AvgIpc) is 3.10. The Labute approximate surface area is 176 Å². The van der Waals surface area contributed by atoms with Crippen molar-refractivity contribution >= 4 is 21.6 Å². The van der Waals surface area contributed by atoms with E-state index in [4.69, 9.17) is 9.17 Å². The summed E-state index contributed by atoms with van der Waals surface area (Å²) in [5.74, 6) is 1.02. The second-order valence-corrected chi connectivity index (χ2v) is 8.90. The largest absolute Gasteiger partial charge is 0.382 e. The molecule has 0 spiro atoms. The van der Waals surface area contributed by atoms with Gasteiger partial charge in [-0.2, -0.15) is 8.42 Å². The first-order valence-corrected chi connectivity index (χ1v) is 11.3. The van der Waals surface area contributed by atoms with Crippen molar-refractivity contribution in [3.8, 4) is 17.0 Å². The molecule has 0 unspecified atom stereocenters. The van der Waals surface area contributed by atoms with Crippen molar-refractivity contribution in [3.05, 3.63) is 84.1 Å². The molecule has 2 aromatic heterocycles. The van der Waals surface area contributed by atoms with Crippen LogP contribution in [0, 0.1) is 6.92 Å². The van der Waals surface area contributed by atoms with Gasteiger partial charge in [0.15, 0.2) is 0 Å². The van der Waals surface area contributed by atoms with E-state index in [9.17, 15) is 8.42 Å². The van der Waals surface area contributed by atoms with Crippen molar-refractivity contribution < 1.29 is 12.6 Å². The summed E-state index contributed by atoms with van der Waals surface area (Å²) in [6.07, 6.45) is 1.98. The summed E-state index contributed by atoms with van der Waals surface area (Å²) >= 11 is 0. The Morgan fingerprint density at radius 3 is 2.60 bits per heavy atom.